The summed E-state index contributed by atoms with van der Waals surface area (Å²) in [6.45, 7) is 0. The van der Waals surface area contributed by atoms with Crippen LogP contribution in [0.25, 0.3) is 44.5 Å². The maximum Gasteiger partial charge on any atom is 0.132 e. The normalized spacial score (nSPS) is 14.5. The minimum absolute atomic E-state index is 0.654. The number of para-hydroxylation sites is 2. The lowest BCUT2D eigenvalue weighted by molar-refractivity contribution is 0.436. The molecule has 0 radical (unpaired) electrons. The number of nitrogens with zero attached hydrogens (tertiary/aromatic N) is 1. The van der Waals surface area contributed by atoms with Gasteiger partial charge < -0.3 is 9.64 Å². The van der Waals surface area contributed by atoms with Crippen molar-refractivity contribution in [2.24, 2.45) is 0 Å². The highest BCUT2D eigenvalue weighted by Gasteiger charge is 2.51. The Hall–Kier alpha value is -7.42. The molecule has 1 heterocycles. The van der Waals surface area contributed by atoms with Gasteiger partial charge in [0.1, 0.15) is 11.5 Å². The molecule has 2 heteroatoms. The Bertz CT molecular complexity index is 2920. The summed E-state index contributed by atoms with van der Waals surface area (Å²) in [5, 5.41) is 0. The molecule has 1 aliphatic heterocycles. The molecule has 0 amide bonds. The number of hydrogen-bond acceptors (Lipinski definition) is 2. The van der Waals surface area contributed by atoms with Gasteiger partial charge in [0, 0.05) is 28.2 Å². The molecule has 1 aliphatic carbocycles. The van der Waals surface area contributed by atoms with Crippen LogP contribution < -0.4 is 9.64 Å². The van der Waals surface area contributed by atoms with Gasteiger partial charge in [-0.1, -0.05) is 170 Å². The second-order valence-electron chi connectivity index (χ2n) is 14.8. The largest absolute Gasteiger partial charge is 0.457 e. The lowest BCUT2D eigenvalue weighted by atomic mass is 9.65. The van der Waals surface area contributed by atoms with E-state index in [1.165, 1.54) is 44.5 Å². The molecule has 0 saturated heterocycles. The van der Waals surface area contributed by atoms with Gasteiger partial charge in [0.25, 0.3) is 0 Å². The molecule has 2 aliphatic rings. The van der Waals surface area contributed by atoms with Crippen LogP contribution in [0.1, 0.15) is 22.3 Å². The summed E-state index contributed by atoms with van der Waals surface area (Å²) in [5.74, 6) is 1.75. The third-order valence-corrected chi connectivity index (χ3v) is 11.7. The fraction of sp³-hybridized carbons (Fsp3) is 0.0182. The quantitative estimate of drug-likeness (QED) is 0.169. The lowest BCUT2D eigenvalue weighted by Crippen LogP contribution is -2.32. The number of ether oxygens (including phenoxy) is 1. The van der Waals surface area contributed by atoms with Crippen LogP contribution in [0, 0.1) is 0 Å². The highest BCUT2D eigenvalue weighted by atomic mass is 16.5. The van der Waals surface area contributed by atoms with Crippen LogP contribution in [0.5, 0.6) is 11.5 Å². The Kier molecular flexibility index (Phi) is 7.75. The predicted molar refractivity (Wildman–Crippen MR) is 235 cm³/mol. The molecule has 9 aromatic carbocycles. The van der Waals surface area contributed by atoms with Crippen molar-refractivity contribution >= 4 is 17.1 Å². The fourth-order valence-electron chi connectivity index (χ4n) is 9.27. The van der Waals surface area contributed by atoms with Gasteiger partial charge in [-0.25, -0.2) is 0 Å². The number of benzene rings is 9. The molecule has 1 atom stereocenters. The van der Waals surface area contributed by atoms with Crippen LogP contribution >= 0.6 is 0 Å². The first-order valence-corrected chi connectivity index (χ1v) is 19.6. The van der Waals surface area contributed by atoms with Crippen molar-refractivity contribution in [1.29, 1.82) is 0 Å². The SMILES string of the molecule is c1ccc(-c2cccc(N(c3ccccc3)c3ccc4c(c3)C3(c5ccccc5Oc5cc(-c6ccccc6)c(-c6ccccc6)cc53)c3ccccc3-4)c2)cc1. The molecule has 0 saturated carbocycles. The molecular formula is C55H37NO. The summed E-state index contributed by atoms with van der Waals surface area (Å²) < 4.78 is 7.01. The smallest absolute Gasteiger partial charge is 0.132 e. The van der Waals surface area contributed by atoms with Crippen molar-refractivity contribution in [3.63, 3.8) is 0 Å². The van der Waals surface area contributed by atoms with Crippen LogP contribution in [0.3, 0.4) is 0 Å². The van der Waals surface area contributed by atoms with E-state index in [2.05, 4.69) is 229 Å². The van der Waals surface area contributed by atoms with Crippen LogP contribution in [0.15, 0.2) is 224 Å². The van der Waals surface area contributed by atoms with E-state index in [-0.39, 0.29) is 0 Å². The molecule has 57 heavy (non-hydrogen) atoms. The number of rotatable bonds is 6. The second-order valence-corrected chi connectivity index (χ2v) is 14.8. The summed E-state index contributed by atoms with van der Waals surface area (Å²) in [6.07, 6.45) is 0. The standard InChI is InChI=1S/C55H37NO/c1-5-18-38(19-6-1)41-24-17-27-43(34-41)56(42-25-11-4-12-26-42)44-32-33-46-45-28-13-14-29-49(45)55(51(46)35-44)50-30-15-16-31-53(50)57-54-37-48(40-22-9-3-10-23-40)47(36-52(54)55)39-20-7-2-8-21-39/h1-37H. The van der Waals surface area contributed by atoms with Crippen LogP contribution in [-0.2, 0) is 5.41 Å². The zero-order valence-corrected chi connectivity index (χ0v) is 31.2. The van der Waals surface area contributed by atoms with Crippen LogP contribution in [0.2, 0.25) is 0 Å². The third-order valence-electron chi connectivity index (χ3n) is 11.7. The highest BCUT2D eigenvalue weighted by molar-refractivity contribution is 5.94. The first-order valence-electron chi connectivity index (χ1n) is 19.6. The van der Waals surface area contributed by atoms with E-state index in [1.807, 2.05) is 0 Å². The molecule has 0 aromatic heterocycles. The number of hydrogen-bond donors (Lipinski definition) is 0. The fourth-order valence-corrected chi connectivity index (χ4v) is 9.27. The van der Waals surface area contributed by atoms with Crippen molar-refractivity contribution in [3.05, 3.63) is 247 Å². The zero-order valence-electron chi connectivity index (χ0n) is 31.2. The van der Waals surface area contributed by atoms with Gasteiger partial charge in [0.05, 0.1) is 5.41 Å². The Balaban J connectivity index is 1.20. The van der Waals surface area contributed by atoms with Crippen molar-refractivity contribution in [2.45, 2.75) is 5.41 Å². The summed E-state index contributed by atoms with van der Waals surface area (Å²) in [6, 6.07) is 81.0. The molecule has 11 rings (SSSR count). The minimum atomic E-state index is -0.654. The van der Waals surface area contributed by atoms with E-state index in [0.717, 1.165) is 50.8 Å². The second kappa shape index (κ2) is 13.4. The van der Waals surface area contributed by atoms with Crippen molar-refractivity contribution in [3.8, 4) is 56.0 Å². The summed E-state index contributed by atoms with van der Waals surface area (Å²) in [5.41, 5.74) is 16.9. The van der Waals surface area contributed by atoms with E-state index in [1.54, 1.807) is 0 Å². The lowest BCUT2D eigenvalue weighted by Gasteiger charge is -2.40. The Morgan fingerprint density at radius 2 is 0.807 bits per heavy atom. The van der Waals surface area contributed by atoms with Crippen LogP contribution in [-0.4, -0.2) is 0 Å². The van der Waals surface area contributed by atoms with Gasteiger partial charge >= 0.3 is 0 Å². The summed E-state index contributed by atoms with van der Waals surface area (Å²) in [7, 11) is 0. The number of fused-ring (bicyclic) bond motifs is 9. The molecule has 268 valence electrons. The van der Waals surface area contributed by atoms with Gasteiger partial charge in [-0.15, -0.1) is 0 Å². The highest BCUT2D eigenvalue weighted by Crippen LogP contribution is 2.63. The zero-order chi connectivity index (χ0) is 37.8. The Morgan fingerprint density at radius 3 is 1.53 bits per heavy atom. The van der Waals surface area contributed by atoms with E-state index in [0.29, 0.717) is 0 Å². The average molecular weight is 728 g/mol. The van der Waals surface area contributed by atoms with Crippen molar-refractivity contribution < 1.29 is 4.74 Å². The molecule has 0 fully saturated rings. The molecular weight excluding hydrogens is 691 g/mol. The van der Waals surface area contributed by atoms with Gasteiger partial charge in [0.15, 0.2) is 0 Å². The molecule has 1 spiro atoms. The van der Waals surface area contributed by atoms with E-state index in [9.17, 15) is 0 Å². The maximum atomic E-state index is 7.01. The Morgan fingerprint density at radius 1 is 0.281 bits per heavy atom. The minimum Gasteiger partial charge on any atom is -0.457 e. The molecule has 1 unspecified atom stereocenters. The van der Waals surface area contributed by atoms with E-state index < -0.39 is 5.41 Å². The van der Waals surface area contributed by atoms with Gasteiger partial charge in [-0.3, -0.25) is 0 Å². The average Bonchev–Trinajstić information content (AvgIpc) is 3.57. The monoisotopic (exact) mass is 727 g/mol. The Labute approximate surface area is 333 Å². The van der Waals surface area contributed by atoms with Crippen molar-refractivity contribution in [1.82, 2.24) is 0 Å². The molecule has 9 aromatic rings. The molecule has 2 nitrogen and oxygen atoms in total. The van der Waals surface area contributed by atoms with Gasteiger partial charge in [-0.2, -0.15) is 0 Å². The van der Waals surface area contributed by atoms with E-state index in [4.69, 9.17) is 4.74 Å². The molecule has 0 bridgehead atoms. The van der Waals surface area contributed by atoms with Crippen molar-refractivity contribution in [2.75, 3.05) is 4.90 Å². The summed E-state index contributed by atoms with van der Waals surface area (Å²) >= 11 is 0. The predicted octanol–water partition coefficient (Wildman–Crippen LogP) is 14.6. The summed E-state index contributed by atoms with van der Waals surface area (Å²) in [4.78, 5) is 2.39. The van der Waals surface area contributed by atoms with Gasteiger partial charge in [0.2, 0.25) is 0 Å². The number of anilines is 3. The molecule has 0 N–H and O–H groups in total. The topological polar surface area (TPSA) is 12.5 Å². The third kappa shape index (κ3) is 5.26. The first-order chi connectivity index (χ1) is 28.3. The van der Waals surface area contributed by atoms with Gasteiger partial charge in [-0.05, 0) is 110 Å². The maximum absolute atomic E-state index is 7.01. The first kappa shape index (κ1) is 33.0. The van der Waals surface area contributed by atoms with Crippen LogP contribution in [0.4, 0.5) is 17.1 Å². The van der Waals surface area contributed by atoms with E-state index >= 15 is 0 Å².